The molecule has 3 rings (SSSR count). The van der Waals surface area contributed by atoms with Crippen LogP contribution in [0.4, 0.5) is 4.79 Å². The maximum absolute atomic E-state index is 12.1. The molecule has 5 heteroatoms. The van der Waals surface area contributed by atoms with Crippen molar-refractivity contribution in [3.8, 4) is 0 Å². The van der Waals surface area contributed by atoms with Gasteiger partial charge in [-0.3, -0.25) is 0 Å². The highest BCUT2D eigenvalue weighted by Gasteiger charge is 2.37. The molecule has 2 fully saturated rings. The van der Waals surface area contributed by atoms with Gasteiger partial charge in [0.1, 0.15) is 0 Å². The Bertz CT molecular complexity index is 392. The molecule has 0 radical (unpaired) electrons. The summed E-state index contributed by atoms with van der Waals surface area (Å²) in [6, 6.07) is 2.76. The highest BCUT2D eigenvalue weighted by molar-refractivity contribution is 7.07. The third-order valence-corrected chi connectivity index (χ3v) is 4.28. The SMILES string of the molecule is O=C1N(CCc2ccsc2)CC2CNCCN12. The molecule has 0 saturated carbocycles. The van der Waals surface area contributed by atoms with Gasteiger partial charge in [0, 0.05) is 32.7 Å². The molecule has 1 aromatic rings. The van der Waals surface area contributed by atoms with Crippen molar-refractivity contribution in [2.45, 2.75) is 12.5 Å². The summed E-state index contributed by atoms with van der Waals surface area (Å²) in [5, 5.41) is 7.60. The second-order valence-electron chi connectivity index (χ2n) is 4.66. The van der Waals surface area contributed by atoms with Crippen LogP contribution in [-0.2, 0) is 6.42 Å². The van der Waals surface area contributed by atoms with Crippen LogP contribution in [0.2, 0.25) is 0 Å². The maximum Gasteiger partial charge on any atom is 0.320 e. The summed E-state index contributed by atoms with van der Waals surface area (Å²) in [5.74, 6) is 0. The molecule has 17 heavy (non-hydrogen) atoms. The van der Waals surface area contributed by atoms with Crippen LogP contribution in [0, 0.1) is 0 Å². The van der Waals surface area contributed by atoms with Gasteiger partial charge >= 0.3 is 6.03 Å². The summed E-state index contributed by atoms with van der Waals surface area (Å²) < 4.78 is 0. The summed E-state index contributed by atoms with van der Waals surface area (Å²) in [6.45, 7) is 4.47. The molecule has 0 spiro atoms. The van der Waals surface area contributed by atoms with E-state index in [1.807, 2.05) is 9.80 Å². The number of nitrogens with zero attached hydrogens (tertiary/aromatic N) is 2. The lowest BCUT2D eigenvalue weighted by Crippen LogP contribution is -2.49. The van der Waals surface area contributed by atoms with E-state index in [1.165, 1.54) is 5.56 Å². The van der Waals surface area contributed by atoms with Crippen LogP contribution in [-0.4, -0.2) is 54.6 Å². The van der Waals surface area contributed by atoms with Gasteiger partial charge in [-0.25, -0.2) is 4.79 Å². The fourth-order valence-corrected chi connectivity index (χ4v) is 3.28. The molecule has 2 saturated heterocycles. The molecule has 1 N–H and O–H groups in total. The topological polar surface area (TPSA) is 35.6 Å². The summed E-state index contributed by atoms with van der Waals surface area (Å²) >= 11 is 1.72. The summed E-state index contributed by atoms with van der Waals surface area (Å²) in [4.78, 5) is 16.1. The summed E-state index contributed by atoms with van der Waals surface area (Å²) in [6.07, 6.45) is 0.975. The highest BCUT2D eigenvalue weighted by atomic mass is 32.1. The quantitative estimate of drug-likeness (QED) is 0.870. The first-order valence-corrected chi connectivity index (χ1v) is 7.06. The van der Waals surface area contributed by atoms with Gasteiger partial charge in [-0.05, 0) is 28.8 Å². The molecule has 2 amide bonds. The smallest absolute Gasteiger partial charge is 0.320 e. The number of urea groups is 1. The van der Waals surface area contributed by atoms with Gasteiger partial charge in [0.05, 0.1) is 6.04 Å². The van der Waals surface area contributed by atoms with Crippen LogP contribution in [0.3, 0.4) is 0 Å². The minimum absolute atomic E-state index is 0.228. The number of thiophene rings is 1. The van der Waals surface area contributed by atoms with E-state index in [0.29, 0.717) is 6.04 Å². The van der Waals surface area contributed by atoms with E-state index < -0.39 is 0 Å². The lowest BCUT2D eigenvalue weighted by Gasteiger charge is -2.28. The maximum atomic E-state index is 12.1. The first-order valence-electron chi connectivity index (χ1n) is 6.12. The molecular formula is C12H17N3OS. The third kappa shape index (κ3) is 2.17. The molecule has 2 aliphatic heterocycles. The van der Waals surface area contributed by atoms with Crippen LogP contribution in [0.5, 0.6) is 0 Å². The van der Waals surface area contributed by atoms with Crippen molar-refractivity contribution in [1.82, 2.24) is 15.1 Å². The predicted molar refractivity (Wildman–Crippen MR) is 68.4 cm³/mol. The zero-order valence-corrected chi connectivity index (χ0v) is 10.6. The molecule has 0 bridgehead atoms. The van der Waals surface area contributed by atoms with Crippen LogP contribution < -0.4 is 5.32 Å². The number of piperazine rings is 1. The van der Waals surface area contributed by atoms with Gasteiger partial charge in [0.2, 0.25) is 0 Å². The fraction of sp³-hybridized carbons (Fsp3) is 0.583. The first kappa shape index (κ1) is 11.0. The Morgan fingerprint density at radius 1 is 1.53 bits per heavy atom. The molecule has 4 nitrogen and oxygen atoms in total. The van der Waals surface area contributed by atoms with Gasteiger partial charge in [0.25, 0.3) is 0 Å². The van der Waals surface area contributed by atoms with Gasteiger partial charge in [0.15, 0.2) is 0 Å². The molecule has 1 atom stereocenters. The average Bonchev–Trinajstić information content (AvgIpc) is 2.96. The Balaban J connectivity index is 1.59. The molecule has 0 aliphatic carbocycles. The van der Waals surface area contributed by atoms with Crippen molar-refractivity contribution in [2.24, 2.45) is 0 Å². The van der Waals surface area contributed by atoms with E-state index in [9.17, 15) is 4.79 Å². The number of amides is 2. The molecule has 0 aromatic carbocycles. The predicted octanol–water partition coefficient (Wildman–Crippen LogP) is 1.00. The van der Waals surface area contributed by atoms with E-state index in [1.54, 1.807) is 11.3 Å². The van der Waals surface area contributed by atoms with Crippen LogP contribution in [0.15, 0.2) is 16.8 Å². The second kappa shape index (κ2) is 4.66. The van der Waals surface area contributed by atoms with Gasteiger partial charge in [-0.15, -0.1) is 0 Å². The molecule has 1 aromatic heterocycles. The number of carbonyl (C=O) groups excluding carboxylic acids is 1. The Morgan fingerprint density at radius 2 is 2.47 bits per heavy atom. The van der Waals surface area contributed by atoms with Gasteiger partial charge in [-0.2, -0.15) is 11.3 Å². The van der Waals surface area contributed by atoms with Crippen LogP contribution in [0.1, 0.15) is 5.56 Å². The number of fused-ring (bicyclic) bond motifs is 1. The number of hydrogen-bond donors (Lipinski definition) is 1. The number of nitrogens with one attached hydrogen (secondary N) is 1. The lowest BCUT2D eigenvalue weighted by atomic mass is 10.2. The Labute approximate surface area is 105 Å². The average molecular weight is 251 g/mol. The van der Waals surface area contributed by atoms with Crippen molar-refractivity contribution in [3.63, 3.8) is 0 Å². The minimum atomic E-state index is 0.228. The van der Waals surface area contributed by atoms with Crippen molar-refractivity contribution in [3.05, 3.63) is 22.4 Å². The monoisotopic (exact) mass is 251 g/mol. The first-order chi connectivity index (χ1) is 8.34. The van der Waals surface area contributed by atoms with Crippen molar-refractivity contribution in [1.29, 1.82) is 0 Å². The molecular weight excluding hydrogens is 234 g/mol. The third-order valence-electron chi connectivity index (χ3n) is 3.55. The van der Waals surface area contributed by atoms with Crippen molar-refractivity contribution in [2.75, 3.05) is 32.7 Å². The standard InChI is InChI=1S/C12H17N3OS/c16-12-14(4-1-10-2-6-17-9-10)8-11-7-13-3-5-15(11)12/h2,6,9,11,13H,1,3-5,7-8H2. The van der Waals surface area contributed by atoms with E-state index in [-0.39, 0.29) is 6.03 Å². The lowest BCUT2D eigenvalue weighted by molar-refractivity contribution is 0.179. The van der Waals surface area contributed by atoms with E-state index in [0.717, 1.165) is 39.1 Å². The largest absolute Gasteiger partial charge is 0.322 e. The van der Waals surface area contributed by atoms with Crippen LogP contribution >= 0.6 is 11.3 Å². The second-order valence-corrected chi connectivity index (χ2v) is 5.44. The molecule has 92 valence electrons. The summed E-state index contributed by atoms with van der Waals surface area (Å²) in [5.41, 5.74) is 1.34. The zero-order chi connectivity index (χ0) is 11.7. The van der Waals surface area contributed by atoms with E-state index in [4.69, 9.17) is 0 Å². The van der Waals surface area contributed by atoms with Crippen LogP contribution in [0.25, 0.3) is 0 Å². The zero-order valence-electron chi connectivity index (χ0n) is 9.76. The normalized spacial score (nSPS) is 24.2. The van der Waals surface area contributed by atoms with Gasteiger partial charge < -0.3 is 15.1 Å². The highest BCUT2D eigenvalue weighted by Crippen LogP contribution is 2.18. The molecule has 1 unspecified atom stereocenters. The van der Waals surface area contributed by atoms with E-state index >= 15 is 0 Å². The number of hydrogen-bond acceptors (Lipinski definition) is 3. The fourth-order valence-electron chi connectivity index (χ4n) is 2.58. The van der Waals surface area contributed by atoms with Crippen molar-refractivity contribution >= 4 is 17.4 Å². The molecule has 2 aliphatic rings. The number of carbonyl (C=O) groups is 1. The Morgan fingerprint density at radius 3 is 3.24 bits per heavy atom. The Hall–Kier alpha value is -1.07. The van der Waals surface area contributed by atoms with Crippen molar-refractivity contribution < 1.29 is 4.79 Å². The van der Waals surface area contributed by atoms with E-state index in [2.05, 4.69) is 22.1 Å². The summed E-state index contributed by atoms with van der Waals surface area (Å²) in [7, 11) is 0. The van der Waals surface area contributed by atoms with Gasteiger partial charge in [-0.1, -0.05) is 0 Å². The number of rotatable bonds is 3. The minimum Gasteiger partial charge on any atom is -0.322 e. The Kier molecular flexibility index (Phi) is 3.03. The molecule has 3 heterocycles.